The summed E-state index contributed by atoms with van der Waals surface area (Å²) in [6, 6.07) is 7.16. The van der Waals surface area contributed by atoms with Gasteiger partial charge in [0.2, 0.25) is 0 Å². The molecule has 5 nitrogen and oxygen atoms in total. The Kier molecular flexibility index (Phi) is 5.93. The summed E-state index contributed by atoms with van der Waals surface area (Å²) in [7, 11) is 0. The lowest BCUT2D eigenvalue weighted by Crippen LogP contribution is -2.49. The van der Waals surface area contributed by atoms with Crippen LogP contribution in [0.25, 0.3) is 0 Å². The molecule has 26 heavy (non-hydrogen) atoms. The highest BCUT2D eigenvalue weighted by Gasteiger charge is 2.22. The Labute approximate surface area is 154 Å². The molecule has 1 aromatic rings. The Balaban J connectivity index is 1.82. The second kappa shape index (κ2) is 8.36. The van der Waals surface area contributed by atoms with Crippen molar-refractivity contribution in [3.8, 4) is 0 Å². The van der Waals surface area contributed by atoms with Crippen molar-refractivity contribution in [2.24, 2.45) is 10.8 Å². The van der Waals surface area contributed by atoms with Gasteiger partial charge in [-0.15, -0.1) is 0 Å². The minimum atomic E-state index is -0.249. The summed E-state index contributed by atoms with van der Waals surface area (Å²) in [5.74, 6) is 8.31. The number of allylic oxidation sites excluding steroid dienone is 1. The van der Waals surface area contributed by atoms with Gasteiger partial charge in [-0.3, -0.25) is 4.99 Å². The molecular formula is C20H28FN5. The van der Waals surface area contributed by atoms with Crippen LogP contribution in [0.2, 0.25) is 0 Å². The first kappa shape index (κ1) is 18.5. The zero-order valence-electron chi connectivity index (χ0n) is 15.6. The van der Waals surface area contributed by atoms with Gasteiger partial charge in [0.1, 0.15) is 23.3 Å². The smallest absolute Gasteiger partial charge is 0.147 e. The predicted molar refractivity (Wildman–Crippen MR) is 103 cm³/mol. The van der Waals surface area contributed by atoms with Crippen LogP contribution in [0.5, 0.6) is 0 Å². The second-order valence-electron chi connectivity index (χ2n) is 7.15. The third-order valence-corrected chi connectivity index (χ3v) is 4.82. The molecule has 1 saturated carbocycles. The standard InChI is InChI=1S/C20H28FN5/c1-14(2)20-25-18(24-16-9-4-3-5-10-16)12-19(26(20)22)23-13-15-8-6-7-11-17(15)21/h6-8,11-12,16,24-25H,3-5,9-10,13,22H2,1-2H3. The van der Waals surface area contributed by atoms with Gasteiger partial charge in [0.25, 0.3) is 0 Å². The summed E-state index contributed by atoms with van der Waals surface area (Å²) in [6.07, 6.45) is 8.10. The van der Waals surface area contributed by atoms with Gasteiger partial charge in [-0.1, -0.05) is 37.5 Å². The Hall–Kier alpha value is -2.34. The van der Waals surface area contributed by atoms with Crippen molar-refractivity contribution in [1.82, 2.24) is 15.6 Å². The van der Waals surface area contributed by atoms with Crippen LogP contribution < -0.4 is 16.5 Å². The van der Waals surface area contributed by atoms with Crippen LogP contribution in [0.4, 0.5) is 4.39 Å². The number of hydrogen-bond donors (Lipinski definition) is 3. The van der Waals surface area contributed by atoms with E-state index < -0.39 is 0 Å². The topological polar surface area (TPSA) is 65.7 Å². The lowest BCUT2D eigenvalue weighted by Gasteiger charge is -2.33. The van der Waals surface area contributed by atoms with Crippen LogP contribution in [-0.2, 0) is 6.54 Å². The van der Waals surface area contributed by atoms with Crippen molar-refractivity contribution < 1.29 is 4.39 Å². The van der Waals surface area contributed by atoms with Crippen molar-refractivity contribution in [2.75, 3.05) is 0 Å². The van der Waals surface area contributed by atoms with Crippen molar-refractivity contribution in [3.63, 3.8) is 0 Å². The first-order valence-corrected chi connectivity index (χ1v) is 9.30. The van der Waals surface area contributed by atoms with Crippen molar-refractivity contribution in [3.05, 3.63) is 58.9 Å². The van der Waals surface area contributed by atoms with Crippen LogP contribution in [0.1, 0.15) is 51.5 Å². The minimum absolute atomic E-state index is 0.249. The number of nitrogens with two attached hydrogens (primary N) is 1. The molecule has 0 spiro atoms. The molecule has 1 aromatic carbocycles. The van der Waals surface area contributed by atoms with E-state index in [0.717, 1.165) is 17.2 Å². The first-order valence-electron chi connectivity index (χ1n) is 9.30. The molecule has 0 amide bonds. The zero-order chi connectivity index (χ0) is 18.5. The second-order valence-corrected chi connectivity index (χ2v) is 7.15. The number of hydrazine groups is 1. The maximum absolute atomic E-state index is 13.9. The van der Waals surface area contributed by atoms with Gasteiger partial charge in [0.15, 0.2) is 0 Å². The van der Waals surface area contributed by atoms with Crippen LogP contribution >= 0.6 is 0 Å². The van der Waals surface area contributed by atoms with Gasteiger partial charge < -0.3 is 10.6 Å². The molecule has 0 radical (unpaired) electrons. The van der Waals surface area contributed by atoms with E-state index in [1.165, 1.54) is 43.2 Å². The van der Waals surface area contributed by atoms with Gasteiger partial charge >= 0.3 is 0 Å². The third-order valence-electron chi connectivity index (χ3n) is 4.82. The first-order chi connectivity index (χ1) is 12.5. The van der Waals surface area contributed by atoms with Crippen molar-refractivity contribution >= 4 is 5.84 Å². The SMILES string of the molecule is CC(C)=C1NC(NC2CCCCC2)=CC(=NCc2ccccc2F)N1N. The number of benzene rings is 1. The normalized spacial score (nSPS) is 20.0. The molecular weight excluding hydrogens is 329 g/mol. The molecule has 0 unspecified atom stereocenters. The molecule has 0 saturated heterocycles. The quantitative estimate of drug-likeness (QED) is 0.722. The highest BCUT2D eigenvalue weighted by atomic mass is 19.1. The molecule has 2 aliphatic rings. The van der Waals surface area contributed by atoms with Crippen LogP contribution in [0, 0.1) is 5.82 Å². The highest BCUT2D eigenvalue weighted by molar-refractivity contribution is 5.95. The van der Waals surface area contributed by atoms with Crippen LogP contribution in [-0.4, -0.2) is 16.9 Å². The minimum Gasteiger partial charge on any atom is -0.369 e. The predicted octanol–water partition coefficient (Wildman–Crippen LogP) is 3.52. The Morgan fingerprint density at radius 2 is 2.00 bits per heavy atom. The number of aliphatic imine (C=N–C) groups is 1. The molecule has 1 fully saturated rings. The summed E-state index contributed by atoms with van der Waals surface area (Å²) in [5, 5.41) is 8.48. The molecule has 1 aliphatic carbocycles. The van der Waals surface area contributed by atoms with E-state index in [2.05, 4.69) is 15.6 Å². The maximum Gasteiger partial charge on any atom is 0.147 e. The van der Waals surface area contributed by atoms with Gasteiger partial charge in [-0.25, -0.2) is 15.2 Å². The average molecular weight is 357 g/mol. The fourth-order valence-electron chi connectivity index (χ4n) is 3.36. The number of amidine groups is 1. The number of halogens is 1. The van der Waals surface area contributed by atoms with E-state index in [-0.39, 0.29) is 12.4 Å². The zero-order valence-corrected chi connectivity index (χ0v) is 15.6. The molecule has 0 bridgehead atoms. The molecule has 0 atom stereocenters. The molecule has 6 heteroatoms. The lowest BCUT2D eigenvalue weighted by molar-refractivity contribution is 0.381. The van der Waals surface area contributed by atoms with Gasteiger partial charge in [0, 0.05) is 17.7 Å². The monoisotopic (exact) mass is 357 g/mol. The van der Waals surface area contributed by atoms with Gasteiger partial charge in [0.05, 0.1) is 6.54 Å². The molecule has 1 aliphatic heterocycles. The number of nitrogens with zero attached hydrogens (tertiary/aromatic N) is 2. The molecule has 140 valence electrons. The number of nitrogens with one attached hydrogen (secondary N) is 2. The van der Waals surface area contributed by atoms with E-state index in [4.69, 9.17) is 5.84 Å². The van der Waals surface area contributed by atoms with Crippen molar-refractivity contribution in [2.45, 2.75) is 58.5 Å². The summed E-state index contributed by atoms with van der Waals surface area (Å²) in [4.78, 5) is 4.56. The van der Waals surface area contributed by atoms with Gasteiger partial charge in [-0.05, 0) is 38.3 Å². The van der Waals surface area contributed by atoms with Crippen LogP contribution in [0.3, 0.4) is 0 Å². The third kappa shape index (κ3) is 4.43. The summed E-state index contributed by atoms with van der Waals surface area (Å²) < 4.78 is 13.9. The molecule has 1 heterocycles. The van der Waals surface area contributed by atoms with E-state index in [1.54, 1.807) is 12.1 Å². The lowest BCUT2D eigenvalue weighted by atomic mass is 9.95. The molecule has 0 aromatic heterocycles. The fraction of sp³-hybridized carbons (Fsp3) is 0.450. The van der Waals surface area contributed by atoms with E-state index in [1.807, 2.05) is 26.0 Å². The highest BCUT2D eigenvalue weighted by Crippen LogP contribution is 2.20. The van der Waals surface area contributed by atoms with Crippen molar-refractivity contribution in [1.29, 1.82) is 0 Å². The Bertz CT molecular complexity index is 727. The largest absolute Gasteiger partial charge is 0.369 e. The van der Waals surface area contributed by atoms with Crippen LogP contribution in [0.15, 0.2) is 52.5 Å². The summed E-state index contributed by atoms with van der Waals surface area (Å²) in [6.45, 7) is 4.25. The molecule has 3 rings (SSSR count). The van der Waals surface area contributed by atoms with Gasteiger partial charge in [-0.2, -0.15) is 0 Å². The number of hydrogen-bond acceptors (Lipinski definition) is 4. The number of rotatable bonds is 4. The Morgan fingerprint density at radius 3 is 2.69 bits per heavy atom. The Morgan fingerprint density at radius 1 is 1.27 bits per heavy atom. The average Bonchev–Trinajstić information content (AvgIpc) is 2.63. The molecule has 4 N–H and O–H groups in total. The summed E-state index contributed by atoms with van der Waals surface area (Å²) >= 11 is 0. The summed E-state index contributed by atoms with van der Waals surface area (Å²) in [5.41, 5.74) is 1.61. The maximum atomic E-state index is 13.9. The van der Waals surface area contributed by atoms with E-state index >= 15 is 0 Å². The fourth-order valence-corrected chi connectivity index (χ4v) is 3.36. The van der Waals surface area contributed by atoms with E-state index in [9.17, 15) is 4.39 Å². The van der Waals surface area contributed by atoms with E-state index in [0.29, 0.717) is 17.4 Å².